The van der Waals surface area contributed by atoms with Crippen molar-refractivity contribution in [3.8, 4) is 28.7 Å². The molecule has 0 saturated heterocycles. The summed E-state index contributed by atoms with van der Waals surface area (Å²) in [6.45, 7) is 1.15. The molecule has 0 saturated carbocycles. The number of phenolic OH excluding ortho intramolecular Hbond substituents is 3. The van der Waals surface area contributed by atoms with Crippen LogP contribution in [0.3, 0.4) is 0 Å². The summed E-state index contributed by atoms with van der Waals surface area (Å²) in [4.78, 5) is 24.4. The van der Waals surface area contributed by atoms with Crippen LogP contribution in [0.15, 0.2) is 30.3 Å². The molecule has 3 N–H and O–H groups in total. The summed E-state index contributed by atoms with van der Waals surface area (Å²) in [7, 11) is 1.33. The van der Waals surface area contributed by atoms with Gasteiger partial charge in [-0.2, -0.15) is 0 Å². The number of Topliss-reactive ketones (excluding diaryl/α,β-unsaturated/α-hetero) is 1. The number of hydrogen-bond acceptors (Lipinski definition) is 8. The largest absolute Gasteiger partial charge is 0.508 e. The van der Waals surface area contributed by atoms with Crippen LogP contribution in [-0.4, -0.2) is 40.3 Å². The number of fused-ring (bicyclic) bond motifs is 1. The van der Waals surface area contributed by atoms with Gasteiger partial charge in [-0.05, 0) is 12.1 Å². The minimum Gasteiger partial charge on any atom is -0.508 e. The Labute approximate surface area is 148 Å². The third-order valence-electron chi connectivity index (χ3n) is 3.93. The van der Waals surface area contributed by atoms with E-state index in [-0.39, 0.29) is 28.6 Å². The number of methoxy groups -OCH3 is 1. The van der Waals surface area contributed by atoms with Gasteiger partial charge in [-0.1, -0.05) is 6.07 Å². The highest BCUT2D eigenvalue weighted by Crippen LogP contribution is 2.44. The molecule has 0 spiro atoms. The van der Waals surface area contributed by atoms with Gasteiger partial charge in [-0.3, -0.25) is 9.59 Å². The molecule has 2 aromatic carbocycles. The predicted octanol–water partition coefficient (Wildman–Crippen LogP) is 2.06. The molecule has 0 aromatic heterocycles. The van der Waals surface area contributed by atoms with Gasteiger partial charge in [-0.25, -0.2) is 0 Å². The van der Waals surface area contributed by atoms with Crippen LogP contribution in [0.4, 0.5) is 0 Å². The zero-order chi connectivity index (χ0) is 19.0. The maximum Gasteiger partial charge on any atom is 0.303 e. The lowest BCUT2D eigenvalue weighted by atomic mass is 9.92. The molecule has 0 radical (unpaired) electrons. The third kappa shape index (κ3) is 2.97. The lowest BCUT2D eigenvalue weighted by molar-refractivity contribution is -0.148. The van der Waals surface area contributed by atoms with E-state index < -0.39 is 29.7 Å². The number of ketones is 1. The lowest BCUT2D eigenvalue weighted by Crippen LogP contribution is -2.39. The molecule has 0 fully saturated rings. The minimum atomic E-state index is -1.33. The first-order valence-electron chi connectivity index (χ1n) is 7.62. The third-order valence-corrected chi connectivity index (χ3v) is 3.93. The van der Waals surface area contributed by atoms with Crippen LogP contribution < -0.4 is 9.47 Å². The number of phenols is 3. The summed E-state index contributed by atoms with van der Waals surface area (Å²) < 4.78 is 16.1. The number of carbonyl (C=O) groups is 2. The average Bonchev–Trinajstić information content (AvgIpc) is 2.58. The van der Waals surface area contributed by atoms with E-state index in [0.717, 1.165) is 6.92 Å². The molecule has 26 heavy (non-hydrogen) atoms. The van der Waals surface area contributed by atoms with E-state index >= 15 is 0 Å². The van der Waals surface area contributed by atoms with Gasteiger partial charge in [0.15, 0.2) is 17.6 Å². The molecule has 8 nitrogen and oxygen atoms in total. The van der Waals surface area contributed by atoms with E-state index in [0.29, 0.717) is 5.56 Å². The fraction of sp³-hybridized carbons (Fsp3) is 0.222. The number of esters is 1. The molecule has 3 rings (SSSR count). The maximum atomic E-state index is 12.9. The smallest absolute Gasteiger partial charge is 0.303 e. The van der Waals surface area contributed by atoms with E-state index in [9.17, 15) is 24.9 Å². The van der Waals surface area contributed by atoms with Gasteiger partial charge in [0, 0.05) is 24.6 Å². The molecule has 1 heterocycles. The Kier molecular flexibility index (Phi) is 4.33. The Bertz CT molecular complexity index is 889. The number of ether oxygens (including phenoxy) is 3. The monoisotopic (exact) mass is 360 g/mol. The van der Waals surface area contributed by atoms with E-state index in [4.69, 9.17) is 14.2 Å². The van der Waals surface area contributed by atoms with Crippen LogP contribution in [0.25, 0.3) is 0 Å². The number of benzene rings is 2. The summed E-state index contributed by atoms with van der Waals surface area (Å²) in [5.41, 5.74) is 0.337. The van der Waals surface area contributed by atoms with Crippen molar-refractivity contribution in [2.45, 2.75) is 19.1 Å². The molecule has 2 aromatic rings. The second-order valence-corrected chi connectivity index (χ2v) is 5.70. The lowest BCUT2D eigenvalue weighted by Gasteiger charge is -2.32. The highest BCUT2D eigenvalue weighted by atomic mass is 16.6. The van der Waals surface area contributed by atoms with Gasteiger partial charge < -0.3 is 29.5 Å². The van der Waals surface area contributed by atoms with Crippen molar-refractivity contribution in [1.29, 1.82) is 0 Å². The standard InChI is InChI=1S/C18H16O8/c1-8(19)25-18-16(23)15-13(24-2)6-10(20)7-14(15)26-17(18)9-3-4-11(21)12(22)5-9/h3-7,17-18,20-22H,1-2H3/t17-,18-/m1/s1. The van der Waals surface area contributed by atoms with Gasteiger partial charge in [-0.15, -0.1) is 0 Å². The minimum absolute atomic E-state index is 0.0378. The molecule has 0 amide bonds. The summed E-state index contributed by atoms with van der Waals surface area (Å²) >= 11 is 0. The number of rotatable bonds is 3. The zero-order valence-electron chi connectivity index (χ0n) is 13.9. The van der Waals surface area contributed by atoms with E-state index in [1.807, 2.05) is 0 Å². The molecule has 0 aliphatic carbocycles. The van der Waals surface area contributed by atoms with Crippen LogP contribution >= 0.6 is 0 Å². The highest BCUT2D eigenvalue weighted by Gasteiger charge is 2.43. The molecule has 2 atom stereocenters. The molecular formula is C18H16O8. The summed E-state index contributed by atoms with van der Waals surface area (Å²) in [6.07, 6.45) is -2.42. The molecule has 0 bridgehead atoms. The Balaban J connectivity index is 2.14. The number of carbonyl (C=O) groups excluding carboxylic acids is 2. The molecule has 1 aliphatic heterocycles. The van der Waals surface area contributed by atoms with E-state index in [2.05, 4.69) is 0 Å². The van der Waals surface area contributed by atoms with Crippen molar-refractivity contribution in [1.82, 2.24) is 0 Å². The summed E-state index contributed by atoms with van der Waals surface area (Å²) in [5, 5.41) is 29.0. The van der Waals surface area contributed by atoms with Crippen molar-refractivity contribution in [3.63, 3.8) is 0 Å². The number of aromatic hydroxyl groups is 3. The zero-order valence-corrected chi connectivity index (χ0v) is 13.9. The van der Waals surface area contributed by atoms with Gasteiger partial charge in [0.05, 0.1) is 7.11 Å². The Hall–Kier alpha value is -3.42. The van der Waals surface area contributed by atoms with E-state index in [1.54, 1.807) is 0 Å². The van der Waals surface area contributed by atoms with Gasteiger partial charge >= 0.3 is 5.97 Å². The maximum absolute atomic E-state index is 12.9. The predicted molar refractivity (Wildman–Crippen MR) is 87.7 cm³/mol. The first-order chi connectivity index (χ1) is 12.3. The van der Waals surface area contributed by atoms with Crippen molar-refractivity contribution < 1.29 is 39.1 Å². The average molecular weight is 360 g/mol. The van der Waals surface area contributed by atoms with Crippen molar-refractivity contribution >= 4 is 11.8 Å². The first kappa shape index (κ1) is 17.4. The highest BCUT2D eigenvalue weighted by molar-refractivity contribution is 6.06. The topological polar surface area (TPSA) is 123 Å². The molecule has 0 unspecified atom stereocenters. The second kappa shape index (κ2) is 6.47. The fourth-order valence-corrected chi connectivity index (χ4v) is 2.81. The van der Waals surface area contributed by atoms with Crippen molar-refractivity contribution in [3.05, 3.63) is 41.5 Å². The van der Waals surface area contributed by atoms with Crippen LogP contribution in [0.1, 0.15) is 28.9 Å². The Morgan fingerprint density at radius 2 is 1.85 bits per heavy atom. The van der Waals surface area contributed by atoms with Gasteiger partial charge in [0.25, 0.3) is 0 Å². The van der Waals surface area contributed by atoms with Gasteiger partial charge in [0.1, 0.15) is 22.8 Å². The van der Waals surface area contributed by atoms with Crippen molar-refractivity contribution in [2.24, 2.45) is 0 Å². The Morgan fingerprint density at radius 1 is 1.12 bits per heavy atom. The first-order valence-corrected chi connectivity index (χ1v) is 7.62. The molecule has 1 aliphatic rings. The van der Waals surface area contributed by atoms with Crippen LogP contribution in [0, 0.1) is 0 Å². The number of hydrogen-bond donors (Lipinski definition) is 3. The summed E-state index contributed by atoms with van der Waals surface area (Å²) in [6, 6.07) is 6.34. The second-order valence-electron chi connectivity index (χ2n) is 5.70. The normalized spacial score (nSPS) is 18.6. The molecule has 8 heteroatoms. The van der Waals surface area contributed by atoms with Crippen LogP contribution in [0.2, 0.25) is 0 Å². The molecule has 136 valence electrons. The molecular weight excluding hydrogens is 344 g/mol. The van der Waals surface area contributed by atoms with Crippen LogP contribution in [-0.2, 0) is 9.53 Å². The van der Waals surface area contributed by atoms with Crippen LogP contribution in [0.5, 0.6) is 28.7 Å². The van der Waals surface area contributed by atoms with E-state index in [1.165, 1.54) is 37.4 Å². The summed E-state index contributed by atoms with van der Waals surface area (Å²) in [5.74, 6) is -2.08. The SMILES string of the molecule is COc1cc(O)cc2c1C(=O)[C@@H](OC(C)=O)[C@@H](c1ccc(O)c(O)c1)O2. The fourth-order valence-electron chi connectivity index (χ4n) is 2.81. The van der Waals surface area contributed by atoms with Crippen molar-refractivity contribution in [2.75, 3.05) is 7.11 Å². The Morgan fingerprint density at radius 3 is 2.46 bits per heavy atom. The quantitative estimate of drug-likeness (QED) is 0.561. The van der Waals surface area contributed by atoms with Gasteiger partial charge in [0.2, 0.25) is 11.9 Å².